The third-order valence-electron chi connectivity index (χ3n) is 9.81. The minimum absolute atomic E-state index is 0.0798. The molecule has 0 saturated heterocycles. The largest absolute Gasteiger partial charge is 0.366 e. The van der Waals surface area contributed by atoms with Crippen molar-refractivity contribution in [2.75, 3.05) is 6.61 Å². The van der Waals surface area contributed by atoms with Crippen LogP contribution in [0.4, 0.5) is 0 Å². The van der Waals surface area contributed by atoms with Crippen LogP contribution >= 0.6 is 0 Å². The highest BCUT2D eigenvalue weighted by Crippen LogP contribution is 2.78. The van der Waals surface area contributed by atoms with E-state index in [-0.39, 0.29) is 5.60 Å². The lowest BCUT2D eigenvalue weighted by atomic mass is 9.46. The third-order valence-corrected chi connectivity index (χ3v) is 9.81. The molecule has 0 radical (unpaired) electrons. The molecule has 2 heteroatoms. The van der Waals surface area contributed by atoms with E-state index in [0.717, 1.165) is 60.2 Å². The van der Waals surface area contributed by atoms with E-state index in [1.807, 2.05) is 0 Å². The first-order chi connectivity index (χ1) is 12.6. The zero-order valence-electron chi connectivity index (χ0n) is 16.3. The van der Waals surface area contributed by atoms with Gasteiger partial charge in [-0.25, -0.2) is 0 Å². The minimum atomic E-state index is 0.0798. The third kappa shape index (κ3) is 1.76. The second kappa shape index (κ2) is 5.13. The van der Waals surface area contributed by atoms with Gasteiger partial charge < -0.3 is 10.1 Å². The normalized spacial score (nSPS) is 56.6. The number of fused-ring (bicyclic) bond motifs is 9. The predicted molar refractivity (Wildman–Crippen MR) is 104 cm³/mol. The van der Waals surface area contributed by atoms with E-state index in [2.05, 4.69) is 32.1 Å². The van der Waals surface area contributed by atoms with E-state index in [1.165, 1.54) is 38.5 Å². The fraction of sp³-hybridized carbons (Fsp3) is 0.792. The zero-order chi connectivity index (χ0) is 17.7. The van der Waals surface area contributed by atoms with Crippen molar-refractivity contribution in [2.24, 2.45) is 46.8 Å². The molecule has 26 heavy (non-hydrogen) atoms. The molecule has 6 aliphatic rings. The van der Waals surface area contributed by atoms with Gasteiger partial charge in [-0.15, -0.1) is 0 Å². The summed E-state index contributed by atoms with van der Waals surface area (Å²) in [4.78, 5) is 0. The van der Waals surface area contributed by atoms with Gasteiger partial charge in [-0.1, -0.05) is 38.0 Å². The van der Waals surface area contributed by atoms with Gasteiger partial charge in [0.2, 0.25) is 0 Å². The van der Waals surface area contributed by atoms with Crippen molar-refractivity contribution >= 4 is 5.71 Å². The molecule has 0 amide bonds. The molecular weight excluding hydrogens is 318 g/mol. The Kier molecular flexibility index (Phi) is 3.18. The Morgan fingerprint density at radius 2 is 2.15 bits per heavy atom. The van der Waals surface area contributed by atoms with E-state index in [0.29, 0.717) is 5.41 Å². The van der Waals surface area contributed by atoms with E-state index in [9.17, 15) is 0 Å². The van der Waals surface area contributed by atoms with Crippen LogP contribution in [0.1, 0.15) is 58.8 Å². The molecule has 5 aliphatic carbocycles. The van der Waals surface area contributed by atoms with Crippen molar-refractivity contribution in [2.45, 2.75) is 64.4 Å². The number of hydrogen-bond acceptors (Lipinski definition) is 2. The van der Waals surface area contributed by atoms with Crippen LogP contribution in [0.2, 0.25) is 0 Å². The molecule has 0 aromatic carbocycles. The SMILES string of the molecule is CCC1CC2=CC(=N)CC[C@@H]2C2CC[C@@]3(C)C(C4CC4[C@@]34C=CCO4)C12. The van der Waals surface area contributed by atoms with Crippen LogP contribution in [-0.2, 0) is 4.74 Å². The maximum Gasteiger partial charge on any atom is 0.0954 e. The number of hydrogen-bond donors (Lipinski definition) is 1. The number of ether oxygens (including phenoxy) is 1. The highest BCUT2D eigenvalue weighted by atomic mass is 16.5. The van der Waals surface area contributed by atoms with Crippen molar-refractivity contribution in [3.05, 3.63) is 23.8 Å². The lowest BCUT2D eigenvalue weighted by Gasteiger charge is -2.59. The molecule has 4 saturated carbocycles. The summed E-state index contributed by atoms with van der Waals surface area (Å²) in [6.45, 7) is 5.86. The fourth-order valence-electron chi connectivity index (χ4n) is 8.87. The Bertz CT molecular complexity index is 722. The van der Waals surface area contributed by atoms with E-state index < -0.39 is 0 Å². The second-order valence-electron chi connectivity index (χ2n) is 10.5. The molecule has 6 rings (SSSR count). The van der Waals surface area contributed by atoms with E-state index in [1.54, 1.807) is 5.57 Å². The maximum atomic E-state index is 8.16. The quantitative estimate of drug-likeness (QED) is 0.631. The van der Waals surface area contributed by atoms with Gasteiger partial charge in [0.25, 0.3) is 0 Å². The van der Waals surface area contributed by atoms with Crippen molar-refractivity contribution in [3.8, 4) is 0 Å². The van der Waals surface area contributed by atoms with Crippen molar-refractivity contribution in [1.29, 1.82) is 5.41 Å². The van der Waals surface area contributed by atoms with Crippen LogP contribution in [0.25, 0.3) is 0 Å². The smallest absolute Gasteiger partial charge is 0.0954 e. The maximum absolute atomic E-state index is 8.16. The van der Waals surface area contributed by atoms with Gasteiger partial charge in [0, 0.05) is 11.1 Å². The Hall–Kier alpha value is -0.890. The fourth-order valence-corrected chi connectivity index (χ4v) is 8.87. The van der Waals surface area contributed by atoms with Gasteiger partial charge in [-0.05, 0) is 86.0 Å². The molecule has 0 aromatic heterocycles. The van der Waals surface area contributed by atoms with Crippen molar-refractivity contribution in [3.63, 3.8) is 0 Å². The minimum Gasteiger partial charge on any atom is -0.366 e. The van der Waals surface area contributed by atoms with E-state index in [4.69, 9.17) is 10.1 Å². The average Bonchev–Trinajstić information content (AvgIpc) is 3.20. The standard InChI is InChI=1S/C24H33NO/c1-3-14-11-15-12-16(25)5-6-17(15)18-7-9-23(2)22(21(14)18)19-13-20(19)24(23)8-4-10-26-24/h4,8,12,14,17-22,25H,3,5-7,9-11,13H2,1-2H3/t14?,17-,18?,19?,20?,21?,22?,23-,24-/m0/s1. The van der Waals surface area contributed by atoms with Gasteiger partial charge in [0.05, 0.1) is 12.2 Å². The second-order valence-corrected chi connectivity index (χ2v) is 10.5. The van der Waals surface area contributed by atoms with Crippen LogP contribution in [0.5, 0.6) is 0 Å². The molecule has 6 unspecified atom stereocenters. The molecule has 9 atom stereocenters. The zero-order valence-corrected chi connectivity index (χ0v) is 16.3. The average molecular weight is 352 g/mol. The lowest BCUT2D eigenvalue weighted by molar-refractivity contribution is -0.140. The van der Waals surface area contributed by atoms with Gasteiger partial charge in [-0.3, -0.25) is 0 Å². The number of allylic oxidation sites excluding steroid dienone is 2. The highest BCUT2D eigenvalue weighted by molar-refractivity contribution is 5.93. The van der Waals surface area contributed by atoms with Gasteiger partial charge in [0.1, 0.15) is 0 Å². The van der Waals surface area contributed by atoms with Crippen molar-refractivity contribution in [1.82, 2.24) is 0 Å². The topological polar surface area (TPSA) is 33.1 Å². The summed E-state index contributed by atoms with van der Waals surface area (Å²) in [5.41, 5.74) is 2.98. The van der Waals surface area contributed by atoms with Gasteiger partial charge >= 0.3 is 0 Å². The van der Waals surface area contributed by atoms with Gasteiger partial charge in [-0.2, -0.15) is 0 Å². The first kappa shape index (κ1) is 16.1. The molecule has 1 N–H and O–H groups in total. The summed E-state index contributed by atoms with van der Waals surface area (Å²) in [5, 5.41) is 8.16. The molecule has 0 bridgehead atoms. The first-order valence-corrected chi connectivity index (χ1v) is 11.2. The predicted octanol–water partition coefficient (Wildman–Crippen LogP) is 5.40. The number of nitrogens with one attached hydrogen (secondary N) is 1. The van der Waals surface area contributed by atoms with Crippen LogP contribution in [0.3, 0.4) is 0 Å². The molecular formula is C24H33NO. The van der Waals surface area contributed by atoms with Crippen LogP contribution < -0.4 is 0 Å². The van der Waals surface area contributed by atoms with Gasteiger partial charge in [0.15, 0.2) is 0 Å². The Morgan fingerprint density at radius 3 is 2.92 bits per heavy atom. The molecule has 1 spiro atoms. The van der Waals surface area contributed by atoms with Crippen LogP contribution in [-0.4, -0.2) is 17.9 Å². The highest BCUT2D eigenvalue weighted by Gasteiger charge is 2.76. The summed E-state index contributed by atoms with van der Waals surface area (Å²) < 4.78 is 6.55. The summed E-state index contributed by atoms with van der Waals surface area (Å²) in [6.07, 6.45) is 16.1. The molecule has 140 valence electrons. The Balaban J connectivity index is 1.42. The monoisotopic (exact) mass is 351 g/mol. The van der Waals surface area contributed by atoms with Crippen molar-refractivity contribution < 1.29 is 4.74 Å². The summed E-state index contributed by atoms with van der Waals surface area (Å²) in [5.74, 6) is 6.02. The molecule has 2 nitrogen and oxygen atoms in total. The molecule has 1 aliphatic heterocycles. The van der Waals surface area contributed by atoms with Crippen LogP contribution in [0.15, 0.2) is 23.8 Å². The lowest BCUT2D eigenvalue weighted by Crippen LogP contribution is -2.56. The summed E-state index contributed by atoms with van der Waals surface area (Å²) >= 11 is 0. The first-order valence-electron chi connectivity index (χ1n) is 11.2. The van der Waals surface area contributed by atoms with Crippen LogP contribution in [0, 0.1) is 52.2 Å². The molecule has 1 heterocycles. The molecule has 4 fully saturated rings. The number of rotatable bonds is 1. The Morgan fingerprint density at radius 1 is 1.27 bits per heavy atom. The Labute approximate surface area is 158 Å². The van der Waals surface area contributed by atoms with E-state index >= 15 is 0 Å². The summed E-state index contributed by atoms with van der Waals surface area (Å²) in [7, 11) is 0. The summed E-state index contributed by atoms with van der Waals surface area (Å²) in [6, 6.07) is 0. The molecule has 0 aromatic rings.